The summed E-state index contributed by atoms with van der Waals surface area (Å²) in [6.07, 6.45) is -4.34. The number of nitrogens with one attached hydrogen (secondary N) is 1. The zero-order chi connectivity index (χ0) is 26.7. The summed E-state index contributed by atoms with van der Waals surface area (Å²) in [5, 5.41) is 27.6. The largest absolute Gasteiger partial charge is 0.508 e. The van der Waals surface area contributed by atoms with Gasteiger partial charge in [0.05, 0.1) is 18.2 Å². The van der Waals surface area contributed by atoms with Crippen molar-refractivity contribution in [2.75, 3.05) is 7.11 Å². The third-order valence-electron chi connectivity index (χ3n) is 5.71. The Morgan fingerprint density at radius 2 is 1.68 bits per heavy atom. The highest BCUT2D eigenvalue weighted by Gasteiger charge is 2.38. The molecule has 2 heterocycles. The maximum atomic E-state index is 10.6. The minimum absolute atomic E-state index is 0.229. The van der Waals surface area contributed by atoms with Gasteiger partial charge in [0, 0.05) is 28.5 Å². The summed E-state index contributed by atoms with van der Waals surface area (Å²) in [7, 11) is 1.69. The Balaban J connectivity index is 0.000000405. The molecule has 3 aromatic carbocycles. The highest BCUT2D eigenvalue weighted by molar-refractivity contribution is 6.12. The highest BCUT2D eigenvalue weighted by atomic mass is 19.4. The van der Waals surface area contributed by atoms with Gasteiger partial charge in [-0.15, -0.1) is 0 Å². The van der Waals surface area contributed by atoms with Crippen molar-refractivity contribution in [1.29, 1.82) is 0 Å². The van der Waals surface area contributed by atoms with Gasteiger partial charge < -0.3 is 14.9 Å². The number of aliphatic carboxylic acids is 1. The van der Waals surface area contributed by atoms with Crippen molar-refractivity contribution in [3.05, 3.63) is 83.6 Å². The molecule has 0 fully saturated rings. The van der Waals surface area contributed by atoms with Gasteiger partial charge in [0.2, 0.25) is 0 Å². The van der Waals surface area contributed by atoms with Crippen LogP contribution in [-0.4, -0.2) is 44.6 Å². The van der Waals surface area contributed by atoms with Crippen LogP contribution in [0.3, 0.4) is 0 Å². The number of hydrogen-bond acceptors (Lipinski definition) is 5. The van der Waals surface area contributed by atoms with Crippen LogP contribution >= 0.6 is 0 Å². The van der Waals surface area contributed by atoms with E-state index in [0.717, 1.165) is 50.8 Å². The lowest BCUT2D eigenvalue weighted by Crippen LogP contribution is -2.21. The van der Waals surface area contributed by atoms with E-state index in [0.29, 0.717) is 5.65 Å². The lowest BCUT2D eigenvalue weighted by Gasteiger charge is -2.12. The fourth-order valence-corrected chi connectivity index (χ4v) is 3.98. The summed E-state index contributed by atoms with van der Waals surface area (Å²) >= 11 is 0. The monoisotopic (exact) mass is 509 g/mol. The summed E-state index contributed by atoms with van der Waals surface area (Å²) in [4.78, 5) is 13.8. The number of rotatable bonds is 4. The Bertz CT molecular complexity index is 1560. The number of nitrogens with zero attached hydrogens (tertiary/aromatic N) is 2. The fraction of sp³-hybridized carbons (Fsp3) is 0.148. The predicted molar refractivity (Wildman–Crippen MR) is 133 cm³/mol. The molecule has 5 rings (SSSR count). The summed E-state index contributed by atoms with van der Waals surface area (Å²) in [6, 6.07) is 21.6. The van der Waals surface area contributed by atoms with Crippen LogP contribution in [0.1, 0.15) is 16.8 Å². The average molecular weight is 509 g/mol. The van der Waals surface area contributed by atoms with Crippen molar-refractivity contribution < 1.29 is 32.9 Å². The molecule has 7 nitrogen and oxygen atoms in total. The van der Waals surface area contributed by atoms with E-state index in [4.69, 9.17) is 19.6 Å². The number of halogens is 3. The van der Waals surface area contributed by atoms with Crippen molar-refractivity contribution in [2.45, 2.75) is 19.5 Å². The third-order valence-corrected chi connectivity index (χ3v) is 5.71. The van der Waals surface area contributed by atoms with Crippen molar-refractivity contribution in [3.63, 3.8) is 0 Å². The quantitative estimate of drug-likeness (QED) is 0.273. The number of carboxylic acids is 1. The van der Waals surface area contributed by atoms with Gasteiger partial charge in [-0.25, -0.2) is 9.78 Å². The molecule has 0 spiro atoms. The summed E-state index contributed by atoms with van der Waals surface area (Å²) in [6.45, 7) is 2.03. The lowest BCUT2D eigenvalue weighted by atomic mass is 9.97. The molecule has 190 valence electrons. The van der Waals surface area contributed by atoms with Gasteiger partial charge in [-0.2, -0.15) is 18.3 Å². The number of aromatic amines is 1. The van der Waals surface area contributed by atoms with E-state index in [1.807, 2.05) is 37.3 Å². The molecule has 10 heteroatoms. The normalized spacial score (nSPS) is 11.3. The van der Waals surface area contributed by atoms with Crippen molar-refractivity contribution in [2.24, 2.45) is 0 Å². The maximum Gasteiger partial charge on any atom is 0.490 e. The molecule has 37 heavy (non-hydrogen) atoms. The fourth-order valence-electron chi connectivity index (χ4n) is 3.98. The predicted octanol–water partition coefficient (Wildman–Crippen LogP) is 6.02. The topological polar surface area (TPSA) is 108 Å². The van der Waals surface area contributed by atoms with E-state index in [1.54, 1.807) is 19.2 Å². The van der Waals surface area contributed by atoms with Crippen molar-refractivity contribution >= 4 is 27.8 Å². The first-order valence-corrected chi connectivity index (χ1v) is 11.1. The molecule has 3 N–H and O–H groups in total. The van der Waals surface area contributed by atoms with Crippen LogP contribution in [0.5, 0.6) is 11.5 Å². The smallest absolute Gasteiger partial charge is 0.490 e. The Morgan fingerprint density at radius 3 is 2.27 bits per heavy atom. The number of hydrogen-bond donors (Lipinski definition) is 3. The molecule has 0 radical (unpaired) electrons. The standard InChI is InChI=1S/C25H21N3O2.C2HF3O2/c1-15-12-20-19(14-22(15)30-2)23-21(13-16-6-4-3-5-7-16)27-28-25(23)26-24(20)17-8-10-18(29)11-9-17;3-2(4,5)1(6)7/h3-12,14,29H,13H2,1-2H3,(H,26,27,28);(H,6,7). The minimum Gasteiger partial charge on any atom is -0.508 e. The number of pyridine rings is 1. The van der Waals surface area contributed by atoms with Crippen LogP contribution in [0.25, 0.3) is 33.1 Å². The third kappa shape index (κ3) is 5.48. The number of carbonyl (C=O) groups is 1. The number of aryl methyl sites for hydroxylation is 1. The van der Waals surface area contributed by atoms with Gasteiger partial charge in [0.15, 0.2) is 5.65 Å². The molecule has 0 saturated heterocycles. The first-order chi connectivity index (χ1) is 17.6. The van der Waals surface area contributed by atoms with E-state index < -0.39 is 12.1 Å². The molecular weight excluding hydrogens is 487 g/mol. The first-order valence-electron chi connectivity index (χ1n) is 11.1. The summed E-state index contributed by atoms with van der Waals surface area (Å²) in [5.74, 6) is -1.70. The van der Waals surface area contributed by atoms with Gasteiger partial charge in [-0.1, -0.05) is 30.3 Å². The Hall–Kier alpha value is -4.60. The molecule has 0 bridgehead atoms. The van der Waals surface area contributed by atoms with Gasteiger partial charge in [0.25, 0.3) is 0 Å². The van der Waals surface area contributed by atoms with Crippen molar-refractivity contribution in [3.8, 4) is 22.8 Å². The van der Waals surface area contributed by atoms with Crippen molar-refractivity contribution in [1.82, 2.24) is 15.2 Å². The average Bonchev–Trinajstić information content (AvgIpc) is 3.26. The number of methoxy groups -OCH3 is 1. The first kappa shape index (κ1) is 25.5. The van der Waals surface area contributed by atoms with Crippen LogP contribution in [0.15, 0.2) is 66.7 Å². The maximum absolute atomic E-state index is 10.6. The van der Waals surface area contributed by atoms with E-state index in [1.165, 1.54) is 5.56 Å². The second-order valence-corrected chi connectivity index (χ2v) is 8.24. The molecular formula is C27H22F3N3O4. The van der Waals surface area contributed by atoms with E-state index in [2.05, 4.69) is 34.5 Å². The van der Waals surface area contributed by atoms with Crippen LogP contribution in [0.4, 0.5) is 13.2 Å². The van der Waals surface area contributed by atoms with Gasteiger partial charge in [-0.05, 0) is 54.4 Å². The van der Waals surface area contributed by atoms with E-state index in [-0.39, 0.29) is 5.75 Å². The van der Waals surface area contributed by atoms with E-state index >= 15 is 0 Å². The second kappa shape index (κ2) is 10.2. The number of aromatic hydroxyl groups is 1. The number of phenolic OH excluding ortho intramolecular Hbond substituents is 1. The summed E-state index contributed by atoms with van der Waals surface area (Å²) in [5.41, 5.74) is 5.70. The number of fused-ring (bicyclic) bond motifs is 3. The Labute approximate surface area is 209 Å². The lowest BCUT2D eigenvalue weighted by molar-refractivity contribution is -0.192. The molecule has 5 aromatic rings. The van der Waals surface area contributed by atoms with Crippen LogP contribution in [0.2, 0.25) is 0 Å². The molecule has 0 aliphatic carbocycles. The summed E-state index contributed by atoms with van der Waals surface area (Å²) < 4.78 is 37.4. The van der Waals surface area contributed by atoms with Crippen LogP contribution < -0.4 is 4.74 Å². The number of carboxylic acid groups (broad SMARTS) is 1. The molecule has 0 amide bonds. The molecule has 0 unspecified atom stereocenters. The number of phenols is 1. The van der Waals surface area contributed by atoms with Gasteiger partial charge in [0.1, 0.15) is 11.5 Å². The Morgan fingerprint density at radius 1 is 1.03 bits per heavy atom. The minimum atomic E-state index is -5.08. The number of ether oxygens (including phenoxy) is 1. The molecule has 0 saturated carbocycles. The zero-order valence-electron chi connectivity index (χ0n) is 19.8. The van der Waals surface area contributed by atoms with Crippen LogP contribution in [0, 0.1) is 6.92 Å². The molecule has 0 atom stereocenters. The Kier molecular flexibility index (Phi) is 7.01. The zero-order valence-corrected chi connectivity index (χ0v) is 19.8. The number of alkyl halides is 3. The SMILES string of the molecule is COc1cc2c(cc1C)c(-c1ccc(O)cc1)nc1n[nH]c(Cc3ccccc3)c12.O=C(O)C(F)(F)F. The second-order valence-electron chi connectivity index (χ2n) is 8.24. The molecule has 0 aliphatic heterocycles. The number of aromatic nitrogens is 3. The van der Waals surface area contributed by atoms with Gasteiger partial charge in [-0.3, -0.25) is 5.10 Å². The number of benzene rings is 3. The highest BCUT2D eigenvalue weighted by Crippen LogP contribution is 2.37. The molecule has 0 aliphatic rings. The van der Waals surface area contributed by atoms with Crippen LogP contribution in [-0.2, 0) is 11.2 Å². The number of H-pyrrole nitrogens is 1. The van der Waals surface area contributed by atoms with E-state index in [9.17, 15) is 18.3 Å². The molecule has 2 aromatic heterocycles. The van der Waals surface area contributed by atoms with Gasteiger partial charge >= 0.3 is 12.1 Å².